The lowest BCUT2D eigenvalue weighted by atomic mass is 9.62. The van der Waals surface area contributed by atoms with Crippen LogP contribution in [0.2, 0.25) is 0 Å². The number of rotatable bonds is 3. The minimum absolute atomic E-state index is 0.196. The summed E-state index contributed by atoms with van der Waals surface area (Å²) in [5.74, 6) is 0.984. The zero-order valence-electron chi connectivity index (χ0n) is 15.7. The van der Waals surface area contributed by atoms with Crippen molar-refractivity contribution in [2.75, 3.05) is 7.11 Å². The molecule has 1 aromatic heterocycles. The Hall–Kier alpha value is -2.42. The highest BCUT2D eigenvalue weighted by Gasteiger charge is 2.47. The van der Waals surface area contributed by atoms with Crippen molar-refractivity contribution in [1.82, 2.24) is 4.98 Å². The number of benzene rings is 1. The Morgan fingerprint density at radius 2 is 2.04 bits per heavy atom. The lowest BCUT2D eigenvalue weighted by Gasteiger charge is -2.40. The van der Waals surface area contributed by atoms with E-state index in [1.165, 1.54) is 58.4 Å². The van der Waals surface area contributed by atoms with Crippen molar-refractivity contribution in [2.45, 2.75) is 51.4 Å². The Morgan fingerprint density at radius 3 is 2.69 bits per heavy atom. The molecular formula is C23H24N2O. The second-order valence-electron chi connectivity index (χ2n) is 7.73. The van der Waals surface area contributed by atoms with Crippen LogP contribution in [0.25, 0.3) is 11.1 Å². The van der Waals surface area contributed by atoms with Crippen LogP contribution in [0.4, 0.5) is 5.69 Å². The van der Waals surface area contributed by atoms with Crippen LogP contribution in [0.1, 0.15) is 61.8 Å². The molecule has 1 spiro atoms. The van der Waals surface area contributed by atoms with E-state index in [2.05, 4.69) is 37.0 Å². The number of nitrogens with zero attached hydrogens (tertiary/aromatic N) is 2. The first-order valence-corrected chi connectivity index (χ1v) is 9.62. The molecule has 0 unspecified atom stereocenters. The van der Waals surface area contributed by atoms with E-state index in [0.717, 1.165) is 24.3 Å². The van der Waals surface area contributed by atoms with Crippen molar-refractivity contribution in [3.63, 3.8) is 0 Å². The van der Waals surface area contributed by atoms with E-state index in [0.29, 0.717) is 0 Å². The highest BCUT2D eigenvalue weighted by atomic mass is 16.5. The lowest BCUT2D eigenvalue weighted by Crippen LogP contribution is -2.39. The van der Waals surface area contributed by atoms with Crippen LogP contribution >= 0.6 is 0 Å². The van der Waals surface area contributed by atoms with Gasteiger partial charge in [0.1, 0.15) is 5.75 Å². The van der Waals surface area contributed by atoms with Gasteiger partial charge in [-0.15, -0.1) is 0 Å². The first-order chi connectivity index (χ1) is 12.7. The van der Waals surface area contributed by atoms with Gasteiger partial charge in [-0.3, -0.25) is 9.98 Å². The number of allylic oxidation sites excluding steroid dienone is 2. The highest BCUT2D eigenvalue weighted by molar-refractivity contribution is 6.04. The average molecular weight is 344 g/mol. The van der Waals surface area contributed by atoms with Crippen LogP contribution in [0, 0.1) is 0 Å². The van der Waals surface area contributed by atoms with Crippen molar-refractivity contribution in [1.29, 1.82) is 0 Å². The summed E-state index contributed by atoms with van der Waals surface area (Å²) in [6.45, 7) is 4.44. The van der Waals surface area contributed by atoms with Crippen LogP contribution in [-0.2, 0) is 11.8 Å². The molecule has 1 aliphatic heterocycles. The summed E-state index contributed by atoms with van der Waals surface area (Å²) in [4.78, 5) is 9.35. The van der Waals surface area contributed by atoms with Crippen molar-refractivity contribution in [2.24, 2.45) is 4.99 Å². The number of hydrogen-bond acceptors (Lipinski definition) is 3. The molecule has 1 aromatic carbocycles. The third-order valence-corrected chi connectivity index (χ3v) is 6.64. The molecule has 0 saturated heterocycles. The number of fused-ring (bicyclic) bond motifs is 3. The van der Waals surface area contributed by atoms with Gasteiger partial charge in [0.25, 0.3) is 0 Å². The SMILES string of the molecule is CCC1=Nc2cc(C3=C(C)c4ccncc4C3)c(OC)cc2C12CCC2. The minimum Gasteiger partial charge on any atom is -0.496 e. The highest BCUT2D eigenvalue weighted by Crippen LogP contribution is 2.55. The Morgan fingerprint density at radius 1 is 1.19 bits per heavy atom. The number of ether oxygens (including phenoxy) is 1. The summed E-state index contributed by atoms with van der Waals surface area (Å²) < 4.78 is 5.86. The van der Waals surface area contributed by atoms with Crippen molar-refractivity contribution >= 4 is 22.5 Å². The van der Waals surface area contributed by atoms with E-state index in [1.807, 2.05) is 12.4 Å². The zero-order chi connectivity index (χ0) is 17.9. The van der Waals surface area contributed by atoms with Crippen LogP contribution < -0.4 is 4.74 Å². The summed E-state index contributed by atoms with van der Waals surface area (Å²) in [6.07, 6.45) is 9.58. The Kier molecular flexibility index (Phi) is 3.37. The van der Waals surface area contributed by atoms with E-state index >= 15 is 0 Å². The Labute approximate surface area is 154 Å². The van der Waals surface area contributed by atoms with Crippen molar-refractivity contribution in [3.05, 3.63) is 52.8 Å². The van der Waals surface area contributed by atoms with E-state index < -0.39 is 0 Å². The molecule has 0 radical (unpaired) electrons. The molecule has 0 atom stereocenters. The van der Waals surface area contributed by atoms with Crippen LogP contribution in [0.3, 0.4) is 0 Å². The molecule has 0 N–H and O–H groups in total. The number of pyridine rings is 1. The standard InChI is InChI=1S/C23H24N2O/c1-4-22-23(7-5-8-23)19-12-21(26-3)18(11-20(19)25-22)17-10-15-13-24-9-6-16(15)14(17)2/h6,9,11-13H,4-5,7-8,10H2,1-3H3. The van der Waals surface area contributed by atoms with Gasteiger partial charge < -0.3 is 4.74 Å². The molecule has 3 nitrogen and oxygen atoms in total. The smallest absolute Gasteiger partial charge is 0.126 e. The Bertz CT molecular complexity index is 980. The van der Waals surface area contributed by atoms with Crippen LogP contribution in [-0.4, -0.2) is 17.8 Å². The maximum absolute atomic E-state index is 5.86. The van der Waals surface area contributed by atoms with Gasteiger partial charge in [0.2, 0.25) is 0 Å². The molecule has 3 heteroatoms. The molecule has 1 saturated carbocycles. The number of aromatic nitrogens is 1. The summed E-state index contributed by atoms with van der Waals surface area (Å²) in [6, 6.07) is 6.67. The summed E-state index contributed by atoms with van der Waals surface area (Å²) in [5, 5.41) is 0. The topological polar surface area (TPSA) is 34.5 Å². The van der Waals surface area contributed by atoms with E-state index in [1.54, 1.807) is 7.11 Å². The first-order valence-electron chi connectivity index (χ1n) is 9.62. The monoisotopic (exact) mass is 344 g/mol. The first kappa shape index (κ1) is 15.8. The van der Waals surface area contributed by atoms with Gasteiger partial charge in [-0.1, -0.05) is 13.3 Å². The molecular weight excluding hydrogens is 320 g/mol. The van der Waals surface area contributed by atoms with Gasteiger partial charge in [0.05, 0.1) is 12.8 Å². The Balaban J connectivity index is 1.67. The van der Waals surface area contributed by atoms with Gasteiger partial charge in [-0.2, -0.15) is 0 Å². The summed E-state index contributed by atoms with van der Waals surface area (Å²) >= 11 is 0. The third kappa shape index (κ3) is 1.94. The van der Waals surface area contributed by atoms with Crippen molar-refractivity contribution in [3.8, 4) is 5.75 Å². The molecule has 3 aliphatic rings. The van der Waals surface area contributed by atoms with E-state index in [9.17, 15) is 0 Å². The summed E-state index contributed by atoms with van der Waals surface area (Å²) in [7, 11) is 1.79. The minimum atomic E-state index is 0.196. The number of aliphatic imine (C=N–C) groups is 1. The van der Waals surface area contributed by atoms with Gasteiger partial charge >= 0.3 is 0 Å². The molecule has 1 fully saturated rings. The largest absolute Gasteiger partial charge is 0.496 e. The quantitative estimate of drug-likeness (QED) is 0.737. The normalized spacial score (nSPS) is 19.3. The van der Waals surface area contributed by atoms with Gasteiger partial charge in [0.15, 0.2) is 0 Å². The number of hydrogen-bond donors (Lipinski definition) is 0. The van der Waals surface area contributed by atoms with Gasteiger partial charge in [-0.05, 0) is 72.2 Å². The molecule has 2 heterocycles. The zero-order valence-corrected chi connectivity index (χ0v) is 15.7. The average Bonchev–Trinajstić information content (AvgIpc) is 3.15. The fourth-order valence-corrected chi connectivity index (χ4v) is 5.08. The maximum Gasteiger partial charge on any atom is 0.126 e. The fraction of sp³-hybridized carbons (Fsp3) is 0.391. The summed E-state index contributed by atoms with van der Waals surface area (Å²) in [5.41, 5.74) is 10.6. The third-order valence-electron chi connectivity index (χ3n) is 6.64. The predicted molar refractivity (Wildman–Crippen MR) is 106 cm³/mol. The molecule has 2 aliphatic carbocycles. The van der Waals surface area contributed by atoms with Gasteiger partial charge in [-0.25, -0.2) is 0 Å². The molecule has 132 valence electrons. The van der Waals surface area contributed by atoms with Gasteiger partial charge in [0, 0.05) is 35.5 Å². The predicted octanol–water partition coefficient (Wildman–Crippen LogP) is 5.49. The van der Waals surface area contributed by atoms with Crippen LogP contribution in [0.15, 0.2) is 35.6 Å². The molecule has 2 aromatic rings. The number of methoxy groups -OCH3 is 1. The lowest BCUT2D eigenvalue weighted by molar-refractivity contribution is 0.341. The fourth-order valence-electron chi connectivity index (χ4n) is 5.08. The second kappa shape index (κ2) is 5.54. The van der Waals surface area contributed by atoms with Crippen LogP contribution in [0.5, 0.6) is 5.75 Å². The van der Waals surface area contributed by atoms with E-state index in [4.69, 9.17) is 9.73 Å². The maximum atomic E-state index is 5.86. The molecule has 5 rings (SSSR count). The van der Waals surface area contributed by atoms with Crippen molar-refractivity contribution < 1.29 is 4.74 Å². The molecule has 0 bridgehead atoms. The molecule has 0 amide bonds. The molecule has 26 heavy (non-hydrogen) atoms. The second-order valence-corrected chi connectivity index (χ2v) is 7.73. The van der Waals surface area contributed by atoms with E-state index in [-0.39, 0.29) is 5.41 Å².